The first-order chi connectivity index (χ1) is 9.56. The van der Waals surface area contributed by atoms with Crippen LogP contribution in [0.15, 0.2) is 24.3 Å². The topological polar surface area (TPSA) is 66.8 Å². The van der Waals surface area contributed by atoms with Crippen molar-refractivity contribution >= 4 is 5.97 Å². The Balaban J connectivity index is 2.11. The van der Waals surface area contributed by atoms with E-state index in [2.05, 4.69) is 12.2 Å². The van der Waals surface area contributed by atoms with Gasteiger partial charge in [0, 0.05) is 6.08 Å². The highest BCUT2D eigenvalue weighted by Gasteiger charge is 2.35. The Morgan fingerprint density at radius 3 is 2.85 bits per heavy atom. The highest BCUT2D eigenvalue weighted by molar-refractivity contribution is 5.82. The Morgan fingerprint density at radius 2 is 2.05 bits per heavy atom. The molecule has 5 atom stereocenters. The highest BCUT2D eigenvalue weighted by Crippen LogP contribution is 2.36. The second-order valence-electron chi connectivity index (χ2n) is 5.91. The van der Waals surface area contributed by atoms with Crippen molar-refractivity contribution in [3.05, 3.63) is 24.3 Å². The zero-order chi connectivity index (χ0) is 14.5. The van der Waals surface area contributed by atoms with Crippen molar-refractivity contribution in [2.24, 2.45) is 11.8 Å². The molecule has 20 heavy (non-hydrogen) atoms. The molecule has 0 aromatic rings. The Bertz CT molecular complexity index is 388. The van der Waals surface area contributed by atoms with Gasteiger partial charge in [-0.2, -0.15) is 0 Å². The van der Waals surface area contributed by atoms with Gasteiger partial charge < -0.3 is 14.9 Å². The second-order valence-corrected chi connectivity index (χ2v) is 5.91. The van der Waals surface area contributed by atoms with Gasteiger partial charge >= 0.3 is 5.97 Å². The van der Waals surface area contributed by atoms with Crippen molar-refractivity contribution in [3.63, 3.8) is 0 Å². The minimum absolute atomic E-state index is 0.0246. The molecule has 0 amide bonds. The van der Waals surface area contributed by atoms with Crippen LogP contribution in [0.3, 0.4) is 0 Å². The van der Waals surface area contributed by atoms with Crippen LogP contribution in [0.5, 0.6) is 0 Å². The fourth-order valence-corrected chi connectivity index (χ4v) is 3.10. The normalized spacial score (nSPS) is 42.5. The fourth-order valence-electron chi connectivity index (χ4n) is 3.10. The maximum Gasteiger partial charge on any atom is 0.330 e. The van der Waals surface area contributed by atoms with E-state index in [-0.39, 0.29) is 24.0 Å². The molecule has 0 bridgehead atoms. The molecular formula is C16H24O4. The van der Waals surface area contributed by atoms with Gasteiger partial charge in [-0.05, 0) is 56.9 Å². The van der Waals surface area contributed by atoms with Crippen molar-refractivity contribution in [3.8, 4) is 0 Å². The molecule has 0 saturated heterocycles. The summed E-state index contributed by atoms with van der Waals surface area (Å²) in [4.78, 5) is 11.6. The van der Waals surface area contributed by atoms with Crippen molar-refractivity contribution in [1.82, 2.24) is 0 Å². The Hall–Kier alpha value is -1.13. The minimum atomic E-state index is -0.717. The largest absolute Gasteiger partial charge is 0.460 e. The highest BCUT2D eigenvalue weighted by atomic mass is 16.5. The summed E-state index contributed by atoms with van der Waals surface area (Å²) < 4.78 is 5.23. The smallest absolute Gasteiger partial charge is 0.330 e. The average molecular weight is 280 g/mol. The van der Waals surface area contributed by atoms with Crippen LogP contribution < -0.4 is 0 Å². The molecule has 4 nitrogen and oxygen atoms in total. The van der Waals surface area contributed by atoms with Crippen LogP contribution in [-0.4, -0.2) is 34.5 Å². The van der Waals surface area contributed by atoms with Crippen LogP contribution in [-0.2, 0) is 9.53 Å². The molecule has 112 valence electrons. The molecule has 1 aliphatic carbocycles. The number of fused-ring (bicyclic) bond motifs is 1. The van der Waals surface area contributed by atoms with Gasteiger partial charge in [-0.3, -0.25) is 0 Å². The van der Waals surface area contributed by atoms with Crippen LogP contribution in [0.2, 0.25) is 0 Å². The molecule has 0 radical (unpaired) electrons. The lowest BCUT2D eigenvalue weighted by atomic mass is 9.90. The second kappa shape index (κ2) is 7.04. The van der Waals surface area contributed by atoms with Gasteiger partial charge in [0.1, 0.15) is 0 Å². The van der Waals surface area contributed by atoms with Gasteiger partial charge in [-0.25, -0.2) is 4.79 Å². The van der Waals surface area contributed by atoms with Gasteiger partial charge in [0.05, 0.1) is 18.3 Å². The summed E-state index contributed by atoms with van der Waals surface area (Å²) in [6.07, 6.45) is 9.87. The van der Waals surface area contributed by atoms with Crippen molar-refractivity contribution in [1.29, 1.82) is 0 Å². The number of aliphatic hydroxyl groups is 2. The average Bonchev–Trinajstić information content (AvgIpc) is 2.76. The van der Waals surface area contributed by atoms with Gasteiger partial charge in [0.25, 0.3) is 0 Å². The molecule has 1 aliphatic heterocycles. The number of hydrogen-bond donors (Lipinski definition) is 2. The van der Waals surface area contributed by atoms with E-state index in [1.165, 1.54) is 12.2 Å². The summed E-state index contributed by atoms with van der Waals surface area (Å²) >= 11 is 0. The monoisotopic (exact) mass is 280 g/mol. The van der Waals surface area contributed by atoms with Crippen molar-refractivity contribution < 1.29 is 19.7 Å². The van der Waals surface area contributed by atoms with Crippen LogP contribution >= 0.6 is 0 Å². The summed E-state index contributed by atoms with van der Waals surface area (Å²) in [5.74, 6) is -0.249. The molecular weight excluding hydrogens is 256 g/mol. The number of esters is 1. The molecule has 0 spiro atoms. The first-order valence-corrected chi connectivity index (χ1v) is 7.48. The number of hydrogen-bond acceptors (Lipinski definition) is 4. The number of carbonyl (C=O) groups is 1. The Kier molecular flexibility index (Phi) is 5.38. The van der Waals surface area contributed by atoms with Crippen LogP contribution in [0.4, 0.5) is 0 Å². The lowest BCUT2D eigenvalue weighted by Crippen LogP contribution is -2.21. The predicted octanol–water partition coefficient (Wildman–Crippen LogP) is 1.96. The number of allylic oxidation sites excluding steroid dienone is 2. The van der Waals surface area contributed by atoms with E-state index in [1.54, 1.807) is 0 Å². The number of carbonyl (C=O) groups excluding carboxylic acids is 1. The summed E-state index contributed by atoms with van der Waals surface area (Å²) in [6, 6.07) is 0. The number of rotatable bonds is 0. The van der Waals surface area contributed by atoms with E-state index in [0.29, 0.717) is 12.8 Å². The maximum absolute atomic E-state index is 11.6. The zero-order valence-electron chi connectivity index (χ0n) is 11.9. The molecule has 1 saturated carbocycles. The SMILES string of the molecule is C[C@@H]1CCC/C=C\[C@@H]2C[C@H](O)C[C@@H]2[C@H](O)/C=C/C(=O)O1. The first kappa shape index (κ1) is 15.3. The molecule has 0 aromatic carbocycles. The molecule has 4 heteroatoms. The van der Waals surface area contributed by atoms with Crippen molar-refractivity contribution in [2.45, 2.75) is 57.3 Å². The van der Waals surface area contributed by atoms with Gasteiger partial charge in [0.2, 0.25) is 0 Å². The summed E-state index contributed by atoms with van der Waals surface area (Å²) in [5, 5.41) is 20.0. The number of ether oxygens (including phenoxy) is 1. The van der Waals surface area contributed by atoms with Gasteiger partial charge in [-0.1, -0.05) is 12.2 Å². The maximum atomic E-state index is 11.6. The fraction of sp³-hybridized carbons (Fsp3) is 0.688. The zero-order valence-corrected chi connectivity index (χ0v) is 11.9. The minimum Gasteiger partial charge on any atom is -0.460 e. The molecule has 1 heterocycles. The summed E-state index contributed by atoms with van der Waals surface area (Å²) in [5.41, 5.74) is 0. The van der Waals surface area contributed by atoms with E-state index in [1.807, 2.05) is 6.92 Å². The lowest BCUT2D eigenvalue weighted by Gasteiger charge is -2.19. The van der Waals surface area contributed by atoms with Crippen LogP contribution in [0, 0.1) is 11.8 Å². The van der Waals surface area contributed by atoms with E-state index in [9.17, 15) is 15.0 Å². The Morgan fingerprint density at radius 1 is 1.25 bits per heavy atom. The molecule has 0 unspecified atom stereocenters. The van der Waals surface area contributed by atoms with E-state index < -0.39 is 12.1 Å². The molecule has 2 N–H and O–H groups in total. The third kappa shape index (κ3) is 4.18. The lowest BCUT2D eigenvalue weighted by molar-refractivity contribution is -0.142. The van der Waals surface area contributed by atoms with E-state index in [0.717, 1.165) is 19.3 Å². The molecule has 2 aliphatic rings. The van der Waals surface area contributed by atoms with Crippen LogP contribution in [0.25, 0.3) is 0 Å². The van der Waals surface area contributed by atoms with E-state index in [4.69, 9.17) is 4.74 Å². The van der Waals surface area contributed by atoms with Crippen LogP contribution in [0.1, 0.15) is 39.0 Å². The molecule has 0 aromatic heterocycles. The predicted molar refractivity (Wildman–Crippen MR) is 75.9 cm³/mol. The summed E-state index contributed by atoms with van der Waals surface area (Å²) in [7, 11) is 0. The quantitative estimate of drug-likeness (QED) is 0.526. The van der Waals surface area contributed by atoms with Gasteiger partial charge in [0.15, 0.2) is 0 Å². The van der Waals surface area contributed by atoms with E-state index >= 15 is 0 Å². The van der Waals surface area contributed by atoms with Gasteiger partial charge in [-0.15, -0.1) is 0 Å². The number of aliphatic hydroxyl groups excluding tert-OH is 2. The van der Waals surface area contributed by atoms with Crippen molar-refractivity contribution in [2.75, 3.05) is 0 Å². The molecule has 1 fully saturated rings. The molecule has 2 rings (SSSR count). The third-order valence-electron chi connectivity index (χ3n) is 4.19. The third-order valence-corrected chi connectivity index (χ3v) is 4.19. The summed E-state index contributed by atoms with van der Waals surface area (Å²) in [6.45, 7) is 1.89. The standard InChI is InChI=1S/C16H24O4/c1-11-5-3-2-4-6-12-9-13(17)10-14(12)15(18)7-8-16(19)20-11/h4,6-8,11-15,17-18H,2-3,5,9-10H2,1H3/b6-4-,8-7+/t11-,12-,13+,14+,15-/m1/s1. The number of cyclic esters (lactones) is 1. The Labute approximate surface area is 120 Å². The first-order valence-electron chi connectivity index (χ1n) is 7.48.